The van der Waals surface area contributed by atoms with Crippen LogP contribution in [0.4, 0.5) is 26.9 Å². The number of methoxy groups -OCH3 is 1. The van der Waals surface area contributed by atoms with Crippen molar-refractivity contribution in [3.8, 4) is 22.9 Å². The molecule has 4 amide bonds. The molecule has 0 aliphatic carbocycles. The van der Waals surface area contributed by atoms with Gasteiger partial charge in [-0.05, 0) is 49.5 Å². The number of fused-ring (bicyclic) bond motifs is 1. The molecule has 0 saturated carbocycles. The van der Waals surface area contributed by atoms with E-state index in [9.17, 15) is 9.59 Å². The molecule has 0 radical (unpaired) electrons. The van der Waals surface area contributed by atoms with Gasteiger partial charge < -0.3 is 24.6 Å². The number of carbonyl (C=O) groups excluding carboxylic acids is 2. The van der Waals surface area contributed by atoms with Crippen molar-refractivity contribution in [2.75, 3.05) is 56.3 Å². The maximum atomic E-state index is 13.4. The molecule has 1 aliphatic heterocycles. The van der Waals surface area contributed by atoms with Crippen LogP contribution < -0.4 is 25.4 Å². The third-order valence-electron chi connectivity index (χ3n) is 8.15. The Balaban J connectivity index is 1.19. The van der Waals surface area contributed by atoms with Gasteiger partial charge in [0.2, 0.25) is 0 Å². The van der Waals surface area contributed by atoms with Gasteiger partial charge >= 0.3 is 12.1 Å². The number of aromatic nitrogens is 3. The molecule has 2 aromatic heterocycles. The minimum absolute atomic E-state index is 0.186. The molecule has 0 unspecified atom stereocenters. The van der Waals surface area contributed by atoms with Crippen LogP contribution in [0.25, 0.3) is 16.5 Å². The van der Waals surface area contributed by atoms with Gasteiger partial charge in [-0.2, -0.15) is 5.10 Å². The normalized spacial score (nSPS) is 13.6. The molecule has 3 heterocycles. The van der Waals surface area contributed by atoms with Crippen LogP contribution in [-0.4, -0.2) is 77.0 Å². The Morgan fingerprint density at radius 3 is 2.25 bits per heavy atom. The van der Waals surface area contributed by atoms with E-state index in [1.54, 1.807) is 47.2 Å². The molecule has 48 heavy (non-hydrogen) atoms. The van der Waals surface area contributed by atoms with E-state index in [4.69, 9.17) is 14.6 Å². The number of amides is 4. The summed E-state index contributed by atoms with van der Waals surface area (Å²) in [6.45, 7) is 9.20. The van der Waals surface area contributed by atoms with E-state index in [0.29, 0.717) is 41.9 Å². The number of pyridine rings is 1. The molecule has 12 nitrogen and oxygen atoms in total. The highest BCUT2D eigenvalue weighted by atomic mass is 16.5. The Labute approximate surface area is 279 Å². The summed E-state index contributed by atoms with van der Waals surface area (Å²) in [4.78, 5) is 34.5. The molecular weight excluding hydrogens is 608 g/mol. The second kappa shape index (κ2) is 13.6. The lowest BCUT2D eigenvalue weighted by molar-refractivity contribution is 0.164. The molecular formula is C36H40N8O4. The quantitative estimate of drug-likeness (QED) is 0.175. The van der Waals surface area contributed by atoms with Crippen molar-refractivity contribution in [2.24, 2.45) is 0 Å². The van der Waals surface area contributed by atoms with Crippen molar-refractivity contribution in [1.82, 2.24) is 24.6 Å². The monoisotopic (exact) mass is 648 g/mol. The Bertz CT molecular complexity index is 1930. The summed E-state index contributed by atoms with van der Waals surface area (Å²) in [6, 6.07) is 23.5. The second-order valence-electron chi connectivity index (χ2n) is 12.7. The first kappa shape index (κ1) is 32.3. The zero-order chi connectivity index (χ0) is 33.8. The Kier molecular flexibility index (Phi) is 9.17. The van der Waals surface area contributed by atoms with Crippen LogP contribution in [0.15, 0.2) is 85.1 Å². The van der Waals surface area contributed by atoms with E-state index in [1.165, 1.54) is 0 Å². The van der Waals surface area contributed by atoms with Crippen molar-refractivity contribution in [3.05, 3.63) is 90.8 Å². The maximum Gasteiger partial charge on any atom is 0.324 e. The SMILES string of the molecule is COc1ccc(-n2nc(C(C)(C)C)cc2NC(=O)Nc2ccc(Oc3ccnc(NC(=O)N4CCN(C)CC4)c3)c3ccccc23)cc1. The average molecular weight is 649 g/mol. The summed E-state index contributed by atoms with van der Waals surface area (Å²) in [7, 11) is 3.66. The first-order chi connectivity index (χ1) is 23.1. The topological polar surface area (TPSA) is 126 Å². The lowest BCUT2D eigenvalue weighted by Crippen LogP contribution is -2.48. The number of rotatable bonds is 7. The van der Waals surface area contributed by atoms with Crippen molar-refractivity contribution >= 4 is 40.2 Å². The molecule has 3 aromatic carbocycles. The third kappa shape index (κ3) is 7.34. The molecule has 248 valence electrons. The predicted molar refractivity (Wildman–Crippen MR) is 188 cm³/mol. The van der Waals surface area contributed by atoms with Crippen molar-refractivity contribution in [1.29, 1.82) is 0 Å². The summed E-state index contributed by atoms with van der Waals surface area (Å²) in [6.07, 6.45) is 1.60. The van der Waals surface area contributed by atoms with Gasteiger partial charge in [0.05, 0.1) is 24.2 Å². The van der Waals surface area contributed by atoms with Crippen LogP contribution in [0, 0.1) is 0 Å². The number of benzene rings is 3. The number of nitrogens with zero attached hydrogens (tertiary/aromatic N) is 5. The second-order valence-corrected chi connectivity index (χ2v) is 12.7. The summed E-state index contributed by atoms with van der Waals surface area (Å²) in [5, 5.41) is 15.3. The van der Waals surface area contributed by atoms with E-state index >= 15 is 0 Å². The van der Waals surface area contributed by atoms with Gasteiger partial charge in [0.1, 0.15) is 28.9 Å². The largest absolute Gasteiger partial charge is 0.497 e. The molecule has 12 heteroatoms. The Morgan fingerprint density at radius 2 is 1.54 bits per heavy atom. The number of hydrogen-bond acceptors (Lipinski definition) is 7. The van der Waals surface area contributed by atoms with Crippen LogP contribution in [0.2, 0.25) is 0 Å². The lowest BCUT2D eigenvalue weighted by Gasteiger charge is -2.32. The van der Waals surface area contributed by atoms with E-state index in [0.717, 1.165) is 41.0 Å². The average Bonchev–Trinajstić information content (AvgIpc) is 3.51. The summed E-state index contributed by atoms with van der Waals surface area (Å²) < 4.78 is 13.3. The standard InChI is InChI=1S/C36H40N8O4/c1-36(2,3)31-23-33(44(41-31)24-10-12-25(47-5)13-11-24)40-34(45)38-29-14-15-30(28-9-7-6-8-27(28)29)48-26-16-17-37-32(22-26)39-35(46)43-20-18-42(4)19-21-43/h6-17,22-23H,18-21H2,1-5H3,(H,37,39,46)(H2,38,40,45). The van der Waals surface area contributed by atoms with E-state index < -0.39 is 6.03 Å². The first-order valence-electron chi connectivity index (χ1n) is 15.8. The number of hydrogen-bond donors (Lipinski definition) is 3. The molecule has 0 spiro atoms. The number of likely N-dealkylation sites (N-methyl/N-ethyl adjacent to an activating group) is 1. The summed E-state index contributed by atoms with van der Waals surface area (Å²) in [5.74, 6) is 2.76. The number of urea groups is 2. The maximum absolute atomic E-state index is 13.4. The minimum atomic E-state index is -0.418. The highest BCUT2D eigenvalue weighted by Gasteiger charge is 2.23. The zero-order valence-electron chi connectivity index (χ0n) is 27.8. The zero-order valence-corrected chi connectivity index (χ0v) is 27.8. The van der Waals surface area contributed by atoms with Crippen LogP contribution in [0.5, 0.6) is 17.2 Å². The first-order valence-corrected chi connectivity index (χ1v) is 15.8. The molecule has 1 aliphatic rings. The smallest absolute Gasteiger partial charge is 0.324 e. The van der Waals surface area contributed by atoms with Crippen molar-refractivity contribution in [3.63, 3.8) is 0 Å². The van der Waals surface area contributed by atoms with Crippen LogP contribution in [0.1, 0.15) is 26.5 Å². The van der Waals surface area contributed by atoms with Gasteiger partial charge in [-0.1, -0.05) is 45.0 Å². The number of carbonyl (C=O) groups is 2. The third-order valence-corrected chi connectivity index (χ3v) is 8.15. The minimum Gasteiger partial charge on any atom is -0.497 e. The predicted octanol–water partition coefficient (Wildman–Crippen LogP) is 6.94. The number of ether oxygens (including phenoxy) is 2. The van der Waals surface area contributed by atoms with Gasteiger partial charge in [0.25, 0.3) is 0 Å². The fourth-order valence-electron chi connectivity index (χ4n) is 5.36. The summed E-state index contributed by atoms with van der Waals surface area (Å²) in [5.41, 5.74) is 1.99. The van der Waals surface area contributed by atoms with Gasteiger partial charge in [0.15, 0.2) is 0 Å². The molecule has 3 N–H and O–H groups in total. The van der Waals surface area contributed by atoms with Crippen LogP contribution in [-0.2, 0) is 5.41 Å². The number of nitrogens with one attached hydrogen (secondary N) is 3. The van der Waals surface area contributed by atoms with Gasteiger partial charge in [0, 0.05) is 60.7 Å². The number of piperazine rings is 1. The van der Waals surface area contributed by atoms with E-state index in [2.05, 4.69) is 46.6 Å². The fraction of sp³-hybridized carbons (Fsp3) is 0.278. The molecule has 5 aromatic rings. The fourth-order valence-corrected chi connectivity index (χ4v) is 5.36. The number of anilines is 3. The summed E-state index contributed by atoms with van der Waals surface area (Å²) >= 11 is 0. The highest BCUT2D eigenvalue weighted by Crippen LogP contribution is 2.35. The van der Waals surface area contributed by atoms with E-state index in [-0.39, 0.29) is 11.4 Å². The Hall–Kier alpha value is -5.62. The highest BCUT2D eigenvalue weighted by molar-refractivity contribution is 6.07. The molecule has 6 rings (SSSR count). The van der Waals surface area contributed by atoms with Crippen LogP contribution in [0.3, 0.4) is 0 Å². The molecule has 0 atom stereocenters. The lowest BCUT2D eigenvalue weighted by atomic mass is 9.92. The van der Waals surface area contributed by atoms with Crippen LogP contribution >= 0.6 is 0 Å². The van der Waals surface area contributed by atoms with Gasteiger partial charge in [-0.15, -0.1) is 0 Å². The molecule has 0 bridgehead atoms. The Morgan fingerprint density at radius 1 is 0.812 bits per heavy atom. The molecule has 1 saturated heterocycles. The van der Waals surface area contributed by atoms with E-state index in [1.807, 2.05) is 61.6 Å². The van der Waals surface area contributed by atoms with Gasteiger partial charge in [-0.25, -0.2) is 19.3 Å². The van der Waals surface area contributed by atoms with Crippen molar-refractivity contribution < 1.29 is 19.1 Å². The molecule has 1 fully saturated rings. The van der Waals surface area contributed by atoms with Crippen molar-refractivity contribution in [2.45, 2.75) is 26.2 Å². The van der Waals surface area contributed by atoms with Gasteiger partial charge in [-0.3, -0.25) is 10.6 Å².